The third kappa shape index (κ3) is 5.54. The Morgan fingerprint density at radius 3 is 1.66 bits per heavy atom. The van der Waals surface area contributed by atoms with Crippen molar-refractivity contribution in [3.05, 3.63) is 223 Å². The second-order valence-corrected chi connectivity index (χ2v) is 16.1. The highest BCUT2D eigenvalue weighted by atomic mass is 15.1. The molecule has 0 aliphatic heterocycles. The first kappa shape index (κ1) is 34.1. The normalized spacial score (nSPS) is 12.8. The van der Waals surface area contributed by atoms with E-state index in [1.54, 1.807) is 0 Å². The Bertz CT molecular complexity index is 3180. The lowest BCUT2D eigenvalue weighted by atomic mass is 9.81. The van der Waals surface area contributed by atoms with E-state index < -0.39 is 0 Å². The molecule has 0 heterocycles. The molecule has 58 heavy (non-hydrogen) atoms. The molecule has 0 spiro atoms. The summed E-state index contributed by atoms with van der Waals surface area (Å²) in [6, 6.07) is 78.2. The van der Waals surface area contributed by atoms with Crippen molar-refractivity contribution in [3.63, 3.8) is 0 Å². The van der Waals surface area contributed by atoms with Gasteiger partial charge in [0.15, 0.2) is 0 Å². The monoisotopic (exact) mass is 739 g/mol. The topological polar surface area (TPSA) is 3.24 Å². The molecule has 10 aromatic rings. The second kappa shape index (κ2) is 13.5. The average Bonchev–Trinajstić information content (AvgIpc) is 3.52. The van der Waals surface area contributed by atoms with Crippen LogP contribution in [0.5, 0.6) is 0 Å². The Morgan fingerprint density at radius 2 is 0.862 bits per heavy atom. The van der Waals surface area contributed by atoms with Crippen molar-refractivity contribution in [1.29, 1.82) is 0 Å². The summed E-state index contributed by atoms with van der Waals surface area (Å²) in [4.78, 5) is 2.39. The lowest BCUT2D eigenvalue weighted by Gasteiger charge is -2.27. The molecule has 1 heteroatoms. The molecule has 0 fully saturated rings. The van der Waals surface area contributed by atoms with Gasteiger partial charge >= 0.3 is 0 Å². The first-order valence-electron chi connectivity index (χ1n) is 20.3. The van der Waals surface area contributed by atoms with E-state index in [2.05, 4.69) is 231 Å². The van der Waals surface area contributed by atoms with E-state index in [0.29, 0.717) is 0 Å². The lowest BCUT2D eigenvalue weighted by Crippen LogP contribution is -2.14. The minimum absolute atomic E-state index is 0.0434. The first-order valence-corrected chi connectivity index (χ1v) is 20.3. The van der Waals surface area contributed by atoms with Gasteiger partial charge in [-0.3, -0.25) is 0 Å². The number of hydrogen-bond donors (Lipinski definition) is 0. The highest BCUT2D eigenvalue weighted by Crippen LogP contribution is 2.50. The molecule has 0 bridgehead atoms. The molecule has 0 amide bonds. The van der Waals surface area contributed by atoms with Crippen molar-refractivity contribution in [2.75, 3.05) is 4.90 Å². The molecule has 0 radical (unpaired) electrons. The SMILES string of the molecule is CC1(C)c2ccccc2-c2ccc(-c3ccc(N(c4ccc(-c5cccc6ccccc56)cc4)c4cccc(-c5cc6ccccc6c6ccccc56)c4)cc3)cc21. The molecule has 0 saturated carbocycles. The summed E-state index contributed by atoms with van der Waals surface area (Å²) in [6.07, 6.45) is 0. The molecule has 11 rings (SSSR count). The number of rotatable bonds is 6. The summed E-state index contributed by atoms with van der Waals surface area (Å²) in [6.45, 7) is 4.70. The largest absolute Gasteiger partial charge is 0.310 e. The van der Waals surface area contributed by atoms with Crippen LogP contribution in [-0.4, -0.2) is 0 Å². The van der Waals surface area contributed by atoms with E-state index in [0.717, 1.165) is 17.1 Å². The van der Waals surface area contributed by atoms with Gasteiger partial charge in [-0.1, -0.05) is 178 Å². The molecule has 1 aliphatic carbocycles. The van der Waals surface area contributed by atoms with E-state index in [1.807, 2.05) is 0 Å². The molecule has 0 N–H and O–H groups in total. The summed E-state index contributed by atoms with van der Waals surface area (Å²) in [5, 5.41) is 7.57. The van der Waals surface area contributed by atoms with Crippen LogP contribution in [0.25, 0.3) is 76.8 Å². The van der Waals surface area contributed by atoms with Crippen LogP contribution in [0.3, 0.4) is 0 Å². The molecular formula is C57H41N. The fourth-order valence-electron chi connectivity index (χ4n) is 9.51. The van der Waals surface area contributed by atoms with E-state index in [-0.39, 0.29) is 5.41 Å². The molecule has 0 unspecified atom stereocenters. The zero-order valence-corrected chi connectivity index (χ0v) is 32.7. The van der Waals surface area contributed by atoms with Gasteiger partial charge in [-0.05, 0) is 136 Å². The Kier molecular flexibility index (Phi) is 7.91. The molecule has 1 aliphatic rings. The zero-order valence-electron chi connectivity index (χ0n) is 32.7. The maximum Gasteiger partial charge on any atom is 0.0467 e. The van der Waals surface area contributed by atoms with Gasteiger partial charge in [-0.2, -0.15) is 0 Å². The predicted molar refractivity (Wildman–Crippen MR) is 248 cm³/mol. The molecule has 10 aromatic carbocycles. The van der Waals surface area contributed by atoms with Crippen LogP contribution in [0.4, 0.5) is 17.1 Å². The Labute approximate surface area is 340 Å². The van der Waals surface area contributed by atoms with Crippen LogP contribution in [0.2, 0.25) is 0 Å². The van der Waals surface area contributed by atoms with Gasteiger partial charge in [0.1, 0.15) is 0 Å². The van der Waals surface area contributed by atoms with Crippen LogP contribution in [0, 0.1) is 0 Å². The second-order valence-electron chi connectivity index (χ2n) is 16.1. The van der Waals surface area contributed by atoms with Crippen molar-refractivity contribution < 1.29 is 0 Å². The Hall–Kier alpha value is -7.22. The molecule has 1 nitrogen and oxygen atoms in total. The van der Waals surface area contributed by atoms with Crippen molar-refractivity contribution in [3.8, 4) is 44.5 Å². The number of benzene rings is 10. The highest BCUT2D eigenvalue weighted by molar-refractivity contribution is 6.14. The third-order valence-corrected chi connectivity index (χ3v) is 12.5. The van der Waals surface area contributed by atoms with Crippen LogP contribution in [0.15, 0.2) is 212 Å². The minimum atomic E-state index is -0.0434. The van der Waals surface area contributed by atoms with Gasteiger partial charge in [-0.15, -0.1) is 0 Å². The zero-order chi connectivity index (χ0) is 38.8. The summed E-state index contributed by atoms with van der Waals surface area (Å²) >= 11 is 0. The van der Waals surface area contributed by atoms with Crippen molar-refractivity contribution >= 4 is 49.4 Å². The molecule has 0 aromatic heterocycles. The third-order valence-electron chi connectivity index (χ3n) is 12.5. The van der Waals surface area contributed by atoms with Crippen molar-refractivity contribution in [1.82, 2.24) is 0 Å². The summed E-state index contributed by atoms with van der Waals surface area (Å²) in [7, 11) is 0. The van der Waals surface area contributed by atoms with Crippen LogP contribution < -0.4 is 4.90 Å². The maximum atomic E-state index is 2.41. The Morgan fingerprint density at radius 1 is 0.293 bits per heavy atom. The molecule has 0 saturated heterocycles. The van der Waals surface area contributed by atoms with Gasteiger partial charge in [0.25, 0.3) is 0 Å². The lowest BCUT2D eigenvalue weighted by molar-refractivity contribution is 0.660. The van der Waals surface area contributed by atoms with Crippen molar-refractivity contribution in [2.45, 2.75) is 19.3 Å². The molecule has 0 atom stereocenters. The standard InChI is InChI=1S/C57H41N/c1-57(2)55-24-10-9-22-52(55)53-34-29-41(37-56(53)57)38-25-30-44(31-26-38)58(45-32-27-40(28-33-45)48-23-12-15-39-13-3-5-18-47(39)48)46-17-11-16-42(35-46)54-36-43-14-4-6-19-49(43)50-20-7-8-21-51(50)54/h3-37H,1-2H3. The Balaban J connectivity index is 1.02. The van der Waals surface area contributed by atoms with E-state index in [4.69, 9.17) is 0 Å². The number of hydrogen-bond acceptors (Lipinski definition) is 1. The minimum Gasteiger partial charge on any atom is -0.310 e. The average molecular weight is 740 g/mol. The van der Waals surface area contributed by atoms with E-state index in [9.17, 15) is 0 Å². The maximum absolute atomic E-state index is 2.41. The van der Waals surface area contributed by atoms with E-state index >= 15 is 0 Å². The van der Waals surface area contributed by atoms with Crippen LogP contribution >= 0.6 is 0 Å². The quantitative estimate of drug-likeness (QED) is 0.154. The van der Waals surface area contributed by atoms with Gasteiger partial charge < -0.3 is 4.90 Å². The van der Waals surface area contributed by atoms with Crippen LogP contribution in [-0.2, 0) is 5.41 Å². The smallest absolute Gasteiger partial charge is 0.0467 e. The van der Waals surface area contributed by atoms with Gasteiger partial charge in [0.05, 0.1) is 0 Å². The summed E-state index contributed by atoms with van der Waals surface area (Å²) in [5.41, 5.74) is 16.1. The molecule has 274 valence electrons. The molecular weight excluding hydrogens is 699 g/mol. The van der Waals surface area contributed by atoms with E-state index in [1.165, 1.54) is 88.0 Å². The van der Waals surface area contributed by atoms with Gasteiger partial charge in [0.2, 0.25) is 0 Å². The fourth-order valence-corrected chi connectivity index (χ4v) is 9.51. The number of fused-ring (bicyclic) bond motifs is 7. The number of nitrogens with zero attached hydrogens (tertiary/aromatic N) is 1. The predicted octanol–water partition coefficient (Wildman–Crippen LogP) is 15.9. The summed E-state index contributed by atoms with van der Waals surface area (Å²) < 4.78 is 0. The summed E-state index contributed by atoms with van der Waals surface area (Å²) in [5.74, 6) is 0. The first-order chi connectivity index (χ1) is 28.5. The van der Waals surface area contributed by atoms with Gasteiger partial charge in [-0.25, -0.2) is 0 Å². The fraction of sp³-hybridized carbons (Fsp3) is 0.0526. The van der Waals surface area contributed by atoms with Gasteiger partial charge in [0, 0.05) is 22.5 Å². The highest BCUT2D eigenvalue weighted by Gasteiger charge is 2.35. The number of anilines is 3. The van der Waals surface area contributed by atoms with Crippen LogP contribution in [0.1, 0.15) is 25.0 Å². The van der Waals surface area contributed by atoms with Crippen molar-refractivity contribution in [2.24, 2.45) is 0 Å².